The number of aromatic nitrogens is 1. The summed E-state index contributed by atoms with van der Waals surface area (Å²) >= 11 is 5.95. The standard InChI is InChI=1S/C25H28BrN3O7S3/c1-35-11-10-29-17-9-8-15(26)12-19(17)38-25(29)28-21(31)14-39(33,34)13-20(30)27-23-22(24(32)36-2)16-6-4-3-5-7-18(16)37-23/h8-9,12H,3-7,10-11,13-14H2,1-2H3,(H,27,30). The molecule has 2 aromatic heterocycles. The van der Waals surface area contributed by atoms with Crippen molar-refractivity contribution < 1.29 is 32.3 Å². The van der Waals surface area contributed by atoms with E-state index in [1.165, 1.54) is 29.8 Å². The van der Waals surface area contributed by atoms with Gasteiger partial charge in [-0.15, -0.1) is 11.3 Å². The van der Waals surface area contributed by atoms with Gasteiger partial charge in [0.15, 0.2) is 14.6 Å². The van der Waals surface area contributed by atoms with Gasteiger partial charge in [-0.1, -0.05) is 33.7 Å². The van der Waals surface area contributed by atoms with Gasteiger partial charge < -0.3 is 19.4 Å². The molecule has 0 atom stereocenters. The molecule has 0 fully saturated rings. The Morgan fingerprint density at radius 1 is 1.10 bits per heavy atom. The van der Waals surface area contributed by atoms with E-state index in [9.17, 15) is 22.8 Å². The average molecular weight is 659 g/mol. The second-order valence-corrected chi connectivity index (χ2v) is 14.1. The fraction of sp³-hybridized carbons (Fsp3) is 0.440. The summed E-state index contributed by atoms with van der Waals surface area (Å²) in [4.78, 5) is 43.3. The molecular weight excluding hydrogens is 630 g/mol. The van der Waals surface area contributed by atoms with Crippen molar-refractivity contribution in [2.45, 2.75) is 38.6 Å². The smallest absolute Gasteiger partial charge is 0.341 e. The number of anilines is 1. The molecule has 3 aromatic rings. The maximum Gasteiger partial charge on any atom is 0.341 e. The molecule has 2 heterocycles. The van der Waals surface area contributed by atoms with Crippen molar-refractivity contribution >= 4 is 81.4 Å². The highest BCUT2D eigenvalue weighted by Crippen LogP contribution is 2.38. The van der Waals surface area contributed by atoms with Crippen LogP contribution in [0.15, 0.2) is 27.7 Å². The maximum atomic E-state index is 12.8. The zero-order valence-electron chi connectivity index (χ0n) is 21.5. The number of amides is 2. The van der Waals surface area contributed by atoms with Gasteiger partial charge in [0.25, 0.3) is 5.91 Å². The number of nitrogens with zero attached hydrogens (tertiary/aromatic N) is 2. The number of aryl methyl sites for hydroxylation is 1. The number of thiazole rings is 1. The van der Waals surface area contributed by atoms with Crippen molar-refractivity contribution in [3.05, 3.63) is 43.5 Å². The number of hydrogen-bond donors (Lipinski definition) is 1. The molecular formula is C25H28BrN3O7S3. The molecule has 0 spiro atoms. The summed E-state index contributed by atoms with van der Waals surface area (Å²) in [5, 5.41) is 2.85. The zero-order valence-corrected chi connectivity index (χ0v) is 25.5. The fourth-order valence-corrected chi connectivity index (χ4v) is 8.35. The highest BCUT2D eigenvalue weighted by atomic mass is 79.9. The third-order valence-electron chi connectivity index (χ3n) is 6.14. The van der Waals surface area contributed by atoms with Gasteiger partial charge in [-0.2, -0.15) is 4.99 Å². The summed E-state index contributed by atoms with van der Waals surface area (Å²) in [6.07, 6.45) is 4.42. The Bertz CT molecular complexity index is 1590. The molecule has 210 valence electrons. The topological polar surface area (TPSA) is 133 Å². The lowest BCUT2D eigenvalue weighted by Gasteiger charge is -2.08. The van der Waals surface area contributed by atoms with Gasteiger partial charge in [-0.05, 0) is 49.4 Å². The van der Waals surface area contributed by atoms with Gasteiger partial charge in [0.2, 0.25) is 5.91 Å². The molecule has 1 aliphatic rings. The van der Waals surface area contributed by atoms with E-state index in [1.807, 2.05) is 18.2 Å². The number of ether oxygens (including phenoxy) is 2. The minimum atomic E-state index is -4.14. The molecule has 14 heteroatoms. The van der Waals surface area contributed by atoms with Crippen molar-refractivity contribution in [1.29, 1.82) is 0 Å². The number of carbonyl (C=O) groups is 3. The van der Waals surface area contributed by atoms with E-state index >= 15 is 0 Å². The highest BCUT2D eigenvalue weighted by Gasteiger charge is 2.28. The molecule has 39 heavy (non-hydrogen) atoms. The van der Waals surface area contributed by atoms with Crippen LogP contribution in [-0.4, -0.2) is 63.1 Å². The summed E-state index contributed by atoms with van der Waals surface area (Å²) < 4.78 is 39.1. The summed E-state index contributed by atoms with van der Waals surface area (Å²) in [5.41, 5.74) is 1.98. The molecule has 0 unspecified atom stereocenters. The third kappa shape index (κ3) is 7.23. The molecule has 0 saturated heterocycles. The molecule has 1 aromatic carbocycles. The SMILES string of the molecule is COCCn1c(=NC(=O)CS(=O)(=O)CC(=O)Nc2sc3c(c2C(=O)OC)CCCCC3)sc2cc(Br)ccc21. The Hall–Kier alpha value is -2.39. The molecule has 2 amide bonds. The molecule has 4 rings (SSSR count). The van der Waals surface area contributed by atoms with Crippen molar-refractivity contribution in [2.24, 2.45) is 4.99 Å². The summed E-state index contributed by atoms with van der Waals surface area (Å²) in [5.74, 6) is -4.11. The number of hydrogen-bond acceptors (Lipinski definition) is 9. The van der Waals surface area contributed by atoms with Crippen molar-refractivity contribution in [3.63, 3.8) is 0 Å². The number of fused-ring (bicyclic) bond motifs is 2. The quantitative estimate of drug-likeness (QED) is 0.274. The molecule has 0 radical (unpaired) electrons. The van der Waals surface area contributed by atoms with Crippen LogP contribution in [0, 0.1) is 0 Å². The minimum Gasteiger partial charge on any atom is -0.465 e. The first-order chi connectivity index (χ1) is 18.6. The number of esters is 1. The third-order valence-corrected chi connectivity index (χ3v) is 10.3. The number of nitrogens with one attached hydrogen (secondary N) is 1. The first-order valence-electron chi connectivity index (χ1n) is 12.2. The lowest BCUT2D eigenvalue weighted by Crippen LogP contribution is -2.28. The highest BCUT2D eigenvalue weighted by molar-refractivity contribution is 9.10. The van der Waals surface area contributed by atoms with Crippen molar-refractivity contribution in [2.75, 3.05) is 37.6 Å². The van der Waals surface area contributed by atoms with E-state index in [0.717, 1.165) is 50.8 Å². The number of benzene rings is 1. The van der Waals surface area contributed by atoms with Crippen LogP contribution in [0.25, 0.3) is 10.2 Å². The van der Waals surface area contributed by atoms with Gasteiger partial charge in [-0.25, -0.2) is 13.2 Å². The van der Waals surface area contributed by atoms with Gasteiger partial charge in [0.05, 0.1) is 29.5 Å². The normalized spacial score (nSPS) is 14.2. The van der Waals surface area contributed by atoms with Crippen LogP contribution >= 0.6 is 38.6 Å². The lowest BCUT2D eigenvalue weighted by molar-refractivity contribution is -0.115. The monoisotopic (exact) mass is 657 g/mol. The molecule has 0 aliphatic heterocycles. The van der Waals surface area contributed by atoms with Crippen LogP contribution in [0.3, 0.4) is 0 Å². The van der Waals surface area contributed by atoms with Crippen LogP contribution in [0.4, 0.5) is 5.00 Å². The van der Waals surface area contributed by atoms with E-state index in [1.54, 1.807) is 11.7 Å². The van der Waals surface area contributed by atoms with Crippen LogP contribution < -0.4 is 10.1 Å². The van der Waals surface area contributed by atoms with E-state index in [2.05, 4.69) is 26.2 Å². The summed E-state index contributed by atoms with van der Waals surface area (Å²) in [6.45, 7) is 0.800. The largest absolute Gasteiger partial charge is 0.465 e. The number of carbonyl (C=O) groups excluding carboxylic acids is 3. The van der Waals surface area contributed by atoms with Gasteiger partial charge >= 0.3 is 5.97 Å². The number of rotatable bonds is 9. The Morgan fingerprint density at radius 2 is 1.87 bits per heavy atom. The first kappa shape index (κ1) is 29.6. The van der Waals surface area contributed by atoms with Gasteiger partial charge in [0.1, 0.15) is 16.5 Å². The number of halogens is 1. The second-order valence-electron chi connectivity index (χ2n) is 8.99. The number of methoxy groups -OCH3 is 2. The Morgan fingerprint density at radius 3 is 2.62 bits per heavy atom. The Kier molecular flexibility index (Phi) is 9.75. The Balaban J connectivity index is 1.51. The van der Waals surface area contributed by atoms with E-state index in [0.29, 0.717) is 24.4 Å². The molecule has 10 nitrogen and oxygen atoms in total. The molecule has 1 N–H and O–H groups in total. The van der Waals surface area contributed by atoms with E-state index in [-0.39, 0.29) is 10.6 Å². The minimum absolute atomic E-state index is 0.278. The van der Waals surface area contributed by atoms with Gasteiger partial charge in [0, 0.05) is 23.0 Å². The number of sulfone groups is 1. The summed E-state index contributed by atoms with van der Waals surface area (Å²) in [7, 11) is -1.31. The Labute approximate surface area is 242 Å². The average Bonchev–Trinajstić information content (AvgIpc) is 3.27. The van der Waals surface area contributed by atoms with Crippen LogP contribution in [0.5, 0.6) is 0 Å². The van der Waals surface area contributed by atoms with Crippen molar-refractivity contribution in [1.82, 2.24) is 4.57 Å². The van der Waals surface area contributed by atoms with Gasteiger partial charge in [-0.3, -0.25) is 9.59 Å². The maximum absolute atomic E-state index is 12.8. The van der Waals surface area contributed by atoms with Crippen molar-refractivity contribution in [3.8, 4) is 0 Å². The second kappa shape index (κ2) is 12.9. The van der Waals surface area contributed by atoms with Crippen LogP contribution in [0.2, 0.25) is 0 Å². The lowest BCUT2D eigenvalue weighted by atomic mass is 10.1. The predicted octanol–water partition coefficient (Wildman–Crippen LogP) is 3.71. The molecule has 0 bridgehead atoms. The van der Waals surface area contributed by atoms with E-state index in [4.69, 9.17) is 9.47 Å². The zero-order chi connectivity index (χ0) is 28.2. The fourth-order valence-electron chi connectivity index (χ4n) is 4.42. The summed E-state index contributed by atoms with van der Waals surface area (Å²) in [6, 6.07) is 5.63. The first-order valence-corrected chi connectivity index (χ1v) is 16.4. The predicted molar refractivity (Wildman–Crippen MR) is 154 cm³/mol. The van der Waals surface area contributed by atoms with Crippen LogP contribution in [0.1, 0.15) is 40.1 Å². The number of thiophene rings is 1. The van der Waals surface area contributed by atoms with Crippen LogP contribution in [-0.2, 0) is 48.3 Å². The molecule has 1 aliphatic carbocycles. The van der Waals surface area contributed by atoms with E-state index < -0.39 is 39.1 Å². The molecule has 0 saturated carbocycles.